The maximum absolute atomic E-state index is 12.8. The van der Waals surface area contributed by atoms with Crippen molar-refractivity contribution in [3.05, 3.63) is 95.8 Å². The van der Waals surface area contributed by atoms with Gasteiger partial charge in [-0.1, -0.05) is 29.8 Å². The molecule has 0 saturated heterocycles. The van der Waals surface area contributed by atoms with Gasteiger partial charge in [0.1, 0.15) is 17.3 Å². The first kappa shape index (κ1) is 22.6. The average Bonchev–Trinajstić information content (AvgIpc) is 2.82. The quantitative estimate of drug-likeness (QED) is 0.327. The van der Waals surface area contributed by atoms with Crippen LogP contribution in [0.1, 0.15) is 10.4 Å². The molecule has 2 heterocycles. The number of carbonyl (C=O) groups excluding carboxylic acids is 2. The molecular weight excluding hydrogens is 458 g/mol. The van der Waals surface area contributed by atoms with Crippen molar-refractivity contribution in [1.82, 2.24) is 9.97 Å². The van der Waals surface area contributed by atoms with Crippen LogP contribution in [0, 0.1) is 0 Å². The highest BCUT2D eigenvalue weighted by Crippen LogP contribution is 2.33. The largest absolute Gasteiger partial charge is 0.456 e. The third kappa shape index (κ3) is 5.78. The van der Waals surface area contributed by atoms with Crippen LogP contribution < -0.4 is 25.8 Å². The van der Waals surface area contributed by atoms with Gasteiger partial charge in [-0.05, 0) is 48.5 Å². The number of benzene rings is 2. The number of anilines is 3. The first-order valence-corrected chi connectivity index (χ1v) is 10.3. The molecule has 2 aromatic heterocycles. The number of para-hydroxylation sites is 1. The number of carbonyl (C=O) groups is 2. The topological polar surface area (TPSA) is 128 Å². The number of pyridine rings is 2. The van der Waals surface area contributed by atoms with Gasteiger partial charge in [0, 0.05) is 29.8 Å². The van der Waals surface area contributed by atoms with Crippen molar-refractivity contribution in [2.75, 3.05) is 10.6 Å². The molecule has 0 atom stereocenters. The van der Waals surface area contributed by atoms with Crippen LogP contribution in [0.15, 0.2) is 85.2 Å². The van der Waals surface area contributed by atoms with Crippen LogP contribution >= 0.6 is 11.6 Å². The smallest absolute Gasteiger partial charge is 0.411 e. The molecule has 4 N–H and O–H groups in total. The Bertz CT molecular complexity index is 1330. The third-order valence-corrected chi connectivity index (χ3v) is 4.71. The molecule has 9 nitrogen and oxygen atoms in total. The number of halogens is 1. The van der Waals surface area contributed by atoms with Crippen molar-refractivity contribution in [2.24, 2.45) is 5.73 Å². The van der Waals surface area contributed by atoms with E-state index in [2.05, 4.69) is 20.6 Å². The monoisotopic (exact) mass is 475 g/mol. The minimum absolute atomic E-state index is 0.00382. The number of hydrogen-bond acceptors (Lipinski definition) is 7. The summed E-state index contributed by atoms with van der Waals surface area (Å²) in [4.78, 5) is 31.8. The fourth-order valence-corrected chi connectivity index (χ4v) is 3.17. The zero-order valence-electron chi connectivity index (χ0n) is 17.6. The molecule has 0 aliphatic heterocycles. The van der Waals surface area contributed by atoms with E-state index in [1.807, 2.05) is 18.2 Å². The zero-order valence-corrected chi connectivity index (χ0v) is 18.3. The van der Waals surface area contributed by atoms with Crippen LogP contribution in [0.3, 0.4) is 0 Å². The summed E-state index contributed by atoms with van der Waals surface area (Å²) < 4.78 is 10.5. The normalized spacial score (nSPS) is 10.3. The summed E-state index contributed by atoms with van der Waals surface area (Å²) in [6, 6.07) is 20.4. The van der Waals surface area contributed by atoms with E-state index in [4.69, 9.17) is 26.8 Å². The molecule has 0 unspecified atom stereocenters. The van der Waals surface area contributed by atoms with Gasteiger partial charge in [-0.25, -0.2) is 14.8 Å². The lowest BCUT2D eigenvalue weighted by Crippen LogP contribution is -2.16. The lowest BCUT2D eigenvalue weighted by molar-refractivity contribution is 0.102. The molecule has 2 amide bonds. The SMILES string of the molecule is NC(=O)Oc1cc(Oc2ccc(Nc3ncccc3C(=O)Nc3ccccc3)cc2Cl)ccn1. The predicted octanol–water partition coefficient (Wildman–Crippen LogP) is 5.38. The summed E-state index contributed by atoms with van der Waals surface area (Å²) in [5.74, 6) is 0.753. The standard InChI is InChI=1S/C24H18ClN5O4/c25-19-13-16(8-9-20(19)33-17-10-12-27-21(14-17)34-24(26)32)29-22-18(7-4-11-28-22)23(31)30-15-5-2-1-3-6-15/h1-14H,(H2,26,32)(H,28,29)(H,30,31). The first-order valence-electron chi connectivity index (χ1n) is 9.97. The molecule has 34 heavy (non-hydrogen) atoms. The molecule has 0 spiro atoms. The van der Waals surface area contributed by atoms with Crippen molar-refractivity contribution >= 4 is 40.8 Å². The summed E-state index contributed by atoms with van der Waals surface area (Å²) >= 11 is 6.39. The molecule has 0 bridgehead atoms. The van der Waals surface area contributed by atoms with Crippen LogP contribution in [0.5, 0.6) is 17.4 Å². The van der Waals surface area contributed by atoms with Gasteiger partial charge < -0.3 is 25.8 Å². The Morgan fingerprint density at radius 1 is 0.882 bits per heavy atom. The lowest BCUT2D eigenvalue weighted by Gasteiger charge is -2.13. The molecular formula is C24H18ClN5O4. The van der Waals surface area contributed by atoms with Crippen molar-refractivity contribution in [2.45, 2.75) is 0 Å². The molecule has 0 fully saturated rings. The highest BCUT2D eigenvalue weighted by molar-refractivity contribution is 6.32. The predicted molar refractivity (Wildman–Crippen MR) is 128 cm³/mol. The second kappa shape index (κ2) is 10.3. The average molecular weight is 476 g/mol. The second-order valence-corrected chi connectivity index (χ2v) is 7.25. The number of rotatable bonds is 7. The minimum atomic E-state index is -0.982. The van der Waals surface area contributed by atoms with Gasteiger partial charge in [-0.15, -0.1) is 0 Å². The van der Waals surface area contributed by atoms with E-state index in [0.717, 1.165) is 0 Å². The van der Waals surface area contributed by atoms with E-state index >= 15 is 0 Å². The minimum Gasteiger partial charge on any atom is -0.456 e. The molecule has 10 heteroatoms. The molecule has 4 aromatic rings. The fraction of sp³-hybridized carbons (Fsp3) is 0. The number of primary amides is 1. The summed E-state index contributed by atoms with van der Waals surface area (Å²) in [5, 5.41) is 6.24. The third-order valence-electron chi connectivity index (χ3n) is 4.42. The van der Waals surface area contributed by atoms with Crippen molar-refractivity contribution in [1.29, 1.82) is 0 Å². The molecule has 0 aliphatic rings. The fourth-order valence-electron chi connectivity index (χ4n) is 2.95. The van der Waals surface area contributed by atoms with E-state index in [9.17, 15) is 9.59 Å². The second-order valence-electron chi connectivity index (χ2n) is 6.84. The van der Waals surface area contributed by atoms with Gasteiger partial charge in [0.05, 0.1) is 10.6 Å². The highest BCUT2D eigenvalue weighted by Gasteiger charge is 2.14. The number of nitrogens with zero attached hydrogens (tertiary/aromatic N) is 2. The Morgan fingerprint density at radius 3 is 2.47 bits per heavy atom. The zero-order chi connectivity index (χ0) is 23.9. The summed E-state index contributed by atoms with van der Waals surface area (Å²) in [6.45, 7) is 0. The molecule has 4 rings (SSSR count). The van der Waals surface area contributed by atoms with Gasteiger partial charge in [-0.3, -0.25) is 4.79 Å². The maximum Gasteiger partial charge on any atom is 0.411 e. The lowest BCUT2D eigenvalue weighted by atomic mass is 10.2. The molecule has 0 aliphatic carbocycles. The summed E-state index contributed by atoms with van der Waals surface area (Å²) in [5.41, 5.74) is 6.63. The number of amides is 2. The van der Waals surface area contributed by atoms with E-state index in [0.29, 0.717) is 39.3 Å². The summed E-state index contributed by atoms with van der Waals surface area (Å²) in [7, 11) is 0. The number of nitrogens with two attached hydrogens (primary N) is 1. The Kier molecular flexibility index (Phi) is 6.85. The Balaban J connectivity index is 1.49. The van der Waals surface area contributed by atoms with Crippen molar-refractivity contribution in [3.63, 3.8) is 0 Å². The van der Waals surface area contributed by atoms with E-state index in [1.165, 1.54) is 12.3 Å². The number of aromatic nitrogens is 2. The number of hydrogen-bond donors (Lipinski definition) is 3. The molecule has 0 radical (unpaired) electrons. The number of nitrogens with one attached hydrogen (secondary N) is 2. The van der Waals surface area contributed by atoms with Crippen molar-refractivity contribution < 1.29 is 19.1 Å². The maximum atomic E-state index is 12.8. The van der Waals surface area contributed by atoms with Gasteiger partial charge in [-0.2, -0.15) is 0 Å². The Morgan fingerprint density at radius 2 is 1.71 bits per heavy atom. The van der Waals surface area contributed by atoms with Crippen LogP contribution in [-0.2, 0) is 0 Å². The van der Waals surface area contributed by atoms with Gasteiger partial charge in [0.2, 0.25) is 5.88 Å². The van der Waals surface area contributed by atoms with Gasteiger partial charge >= 0.3 is 6.09 Å². The van der Waals surface area contributed by atoms with Gasteiger partial charge in [0.25, 0.3) is 5.91 Å². The Hall–Kier alpha value is -4.63. The molecule has 0 saturated carbocycles. The van der Waals surface area contributed by atoms with Crippen LogP contribution in [0.4, 0.5) is 22.0 Å². The number of ether oxygens (including phenoxy) is 2. The first-order chi connectivity index (χ1) is 16.5. The van der Waals surface area contributed by atoms with Crippen molar-refractivity contribution in [3.8, 4) is 17.4 Å². The molecule has 2 aromatic carbocycles. The van der Waals surface area contributed by atoms with Crippen LogP contribution in [-0.4, -0.2) is 22.0 Å². The van der Waals surface area contributed by atoms with E-state index in [1.54, 1.807) is 54.7 Å². The summed E-state index contributed by atoms with van der Waals surface area (Å²) in [6.07, 6.45) is 2.00. The Labute approximate surface area is 199 Å². The highest BCUT2D eigenvalue weighted by atomic mass is 35.5. The van der Waals surface area contributed by atoms with Gasteiger partial charge in [0.15, 0.2) is 0 Å². The van der Waals surface area contributed by atoms with Crippen LogP contribution in [0.2, 0.25) is 5.02 Å². The van der Waals surface area contributed by atoms with E-state index in [-0.39, 0.29) is 11.8 Å². The van der Waals surface area contributed by atoms with E-state index < -0.39 is 6.09 Å². The molecule has 170 valence electrons. The van der Waals surface area contributed by atoms with Crippen LogP contribution in [0.25, 0.3) is 0 Å².